The van der Waals surface area contributed by atoms with E-state index in [0.29, 0.717) is 36.8 Å². The third kappa shape index (κ3) is 4.25. The van der Waals surface area contributed by atoms with E-state index in [4.69, 9.17) is 5.73 Å². The van der Waals surface area contributed by atoms with Gasteiger partial charge in [0.25, 0.3) is 0 Å². The highest BCUT2D eigenvalue weighted by Gasteiger charge is 2.45. The molecule has 0 radical (unpaired) electrons. The number of nitrogens with zero attached hydrogens (tertiary/aromatic N) is 2. The van der Waals surface area contributed by atoms with E-state index in [1.165, 1.54) is 0 Å². The quantitative estimate of drug-likeness (QED) is 0.466. The second-order valence-corrected chi connectivity index (χ2v) is 7.92. The summed E-state index contributed by atoms with van der Waals surface area (Å²) in [5.74, 6) is 0.891. The topological polar surface area (TPSA) is 84.5 Å². The molecule has 0 amide bonds. The fourth-order valence-electron chi connectivity index (χ4n) is 3.04. The SMILES string of the molecule is CCC1=C[N+]2(CCCCCNS(=O)(=O)C(F)(F)F)C(CN)=CC=CC2=N1. The molecule has 3 N–H and O–H groups in total. The number of quaternary nitrogens is 1. The Balaban J connectivity index is 1.90. The van der Waals surface area contributed by atoms with Crippen molar-refractivity contribution in [1.29, 1.82) is 0 Å². The molecule has 2 aliphatic heterocycles. The van der Waals surface area contributed by atoms with Crippen molar-refractivity contribution in [2.24, 2.45) is 10.7 Å². The van der Waals surface area contributed by atoms with Crippen LogP contribution >= 0.6 is 0 Å². The third-order valence-corrected chi connectivity index (χ3v) is 5.63. The molecule has 1 unspecified atom stereocenters. The lowest BCUT2D eigenvalue weighted by Gasteiger charge is -2.34. The standard InChI is InChI=1S/C16H24F3N4O2S/c1-2-13-12-23(14(11-20)7-6-8-15(23)22-13)10-5-3-4-9-21-26(24,25)16(17,18)19/h6-8,12,21H,2-5,9-11,20H2,1H3/q+1. The predicted molar refractivity (Wildman–Crippen MR) is 94.0 cm³/mol. The van der Waals surface area contributed by atoms with Crippen molar-refractivity contribution in [3.8, 4) is 0 Å². The van der Waals surface area contributed by atoms with Crippen LogP contribution in [0.3, 0.4) is 0 Å². The van der Waals surface area contributed by atoms with Crippen molar-refractivity contribution in [3.05, 3.63) is 35.8 Å². The van der Waals surface area contributed by atoms with Crippen LogP contribution in [0.25, 0.3) is 0 Å². The Morgan fingerprint density at radius 3 is 2.62 bits per heavy atom. The molecule has 6 nitrogen and oxygen atoms in total. The zero-order valence-corrected chi connectivity index (χ0v) is 15.4. The fraction of sp³-hybridized carbons (Fsp3) is 0.562. The van der Waals surface area contributed by atoms with Crippen LogP contribution in [0, 0.1) is 0 Å². The number of alkyl halides is 3. The van der Waals surface area contributed by atoms with Crippen LogP contribution in [0.1, 0.15) is 32.6 Å². The van der Waals surface area contributed by atoms with Crippen molar-refractivity contribution in [2.45, 2.75) is 38.1 Å². The highest BCUT2D eigenvalue weighted by atomic mass is 32.2. The van der Waals surface area contributed by atoms with Gasteiger partial charge in [-0.1, -0.05) is 6.92 Å². The van der Waals surface area contributed by atoms with Gasteiger partial charge in [0.05, 0.1) is 13.1 Å². The van der Waals surface area contributed by atoms with Crippen LogP contribution in [0.2, 0.25) is 0 Å². The summed E-state index contributed by atoms with van der Waals surface area (Å²) in [6.45, 7) is 2.84. The van der Waals surface area contributed by atoms with Gasteiger partial charge in [-0.25, -0.2) is 17.6 Å². The van der Waals surface area contributed by atoms with Crippen LogP contribution in [0.15, 0.2) is 40.8 Å². The number of halogens is 3. The second-order valence-electron chi connectivity index (χ2n) is 6.16. The van der Waals surface area contributed by atoms with Gasteiger partial charge in [-0.15, -0.1) is 0 Å². The lowest BCUT2D eigenvalue weighted by Crippen LogP contribution is -2.48. The van der Waals surface area contributed by atoms with Crippen molar-refractivity contribution in [3.63, 3.8) is 0 Å². The number of fused-ring (bicyclic) bond motifs is 1. The van der Waals surface area contributed by atoms with Gasteiger partial charge in [-0.05, 0) is 37.8 Å². The Labute approximate surface area is 151 Å². The van der Waals surface area contributed by atoms with Gasteiger partial charge < -0.3 is 5.73 Å². The van der Waals surface area contributed by atoms with Crippen molar-refractivity contribution >= 4 is 15.9 Å². The number of hydrogen-bond acceptors (Lipinski definition) is 4. The summed E-state index contributed by atoms with van der Waals surface area (Å²) in [6, 6.07) is 0. The average Bonchev–Trinajstić information content (AvgIpc) is 2.95. The highest BCUT2D eigenvalue weighted by Crippen LogP contribution is 2.33. The zero-order valence-electron chi connectivity index (χ0n) is 14.6. The van der Waals surface area contributed by atoms with Gasteiger partial charge >= 0.3 is 15.5 Å². The normalized spacial score (nSPS) is 22.7. The smallest absolute Gasteiger partial charge is 0.322 e. The minimum absolute atomic E-state index is 0.238. The summed E-state index contributed by atoms with van der Waals surface area (Å²) in [5, 5.41) is 0. The first kappa shape index (κ1) is 20.8. The number of sulfonamides is 1. The number of hydrogen-bond donors (Lipinski definition) is 2. The van der Waals surface area contributed by atoms with E-state index in [0.717, 1.165) is 23.7 Å². The monoisotopic (exact) mass is 393 g/mol. The van der Waals surface area contributed by atoms with E-state index in [1.807, 2.05) is 25.2 Å². The first-order chi connectivity index (χ1) is 12.2. The summed E-state index contributed by atoms with van der Waals surface area (Å²) in [4.78, 5) is 4.62. The molecule has 146 valence electrons. The molecule has 0 saturated heterocycles. The lowest BCUT2D eigenvalue weighted by atomic mass is 10.1. The van der Waals surface area contributed by atoms with Gasteiger partial charge in [-0.3, -0.25) is 0 Å². The fourth-order valence-corrected chi connectivity index (χ4v) is 3.62. The Kier molecular flexibility index (Phi) is 6.43. The summed E-state index contributed by atoms with van der Waals surface area (Å²) < 4.78 is 60.7. The Morgan fingerprint density at radius 1 is 1.27 bits per heavy atom. The molecule has 26 heavy (non-hydrogen) atoms. The third-order valence-electron chi connectivity index (χ3n) is 4.44. The number of unbranched alkanes of at least 4 members (excludes halogenated alkanes) is 2. The highest BCUT2D eigenvalue weighted by molar-refractivity contribution is 7.90. The Morgan fingerprint density at radius 2 is 2.00 bits per heavy atom. The molecule has 2 rings (SSSR count). The van der Waals surface area contributed by atoms with Gasteiger partial charge in [0, 0.05) is 12.6 Å². The molecule has 0 fully saturated rings. The van der Waals surface area contributed by atoms with Crippen molar-refractivity contribution in [1.82, 2.24) is 4.72 Å². The largest absolute Gasteiger partial charge is 0.511 e. The van der Waals surface area contributed by atoms with E-state index in [-0.39, 0.29) is 6.54 Å². The molecule has 0 aromatic carbocycles. The summed E-state index contributed by atoms with van der Waals surface area (Å²) in [7, 11) is -5.26. The van der Waals surface area contributed by atoms with Crippen LogP contribution in [0.4, 0.5) is 13.2 Å². The molecule has 2 aliphatic rings. The number of amidine groups is 1. The summed E-state index contributed by atoms with van der Waals surface area (Å²) in [5.41, 5.74) is 2.60. The minimum atomic E-state index is -5.27. The van der Waals surface area contributed by atoms with Gasteiger partial charge in [0.2, 0.25) is 5.84 Å². The molecule has 1 atom stereocenters. The number of aliphatic imine (C=N–C) groups is 1. The van der Waals surface area contributed by atoms with Gasteiger partial charge in [0.15, 0.2) is 0 Å². The molecule has 0 aromatic rings. The summed E-state index contributed by atoms with van der Waals surface area (Å²) >= 11 is 0. The Hall–Kier alpha value is -1.49. The second kappa shape index (κ2) is 8.03. The van der Waals surface area contributed by atoms with E-state index in [9.17, 15) is 21.6 Å². The molecule has 0 bridgehead atoms. The minimum Gasteiger partial charge on any atom is -0.322 e. The predicted octanol–water partition coefficient (Wildman–Crippen LogP) is 2.49. The molecule has 2 heterocycles. The van der Waals surface area contributed by atoms with E-state index in [2.05, 4.69) is 11.2 Å². The van der Waals surface area contributed by atoms with Crippen LogP contribution < -0.4 is 10.5 Å². The number of allylic oxidation sites excluding steroid dienone is 3. The van der Waals surface area contributed by atoms with Gasteiger partial charge in [-0.2, -0.15) is 18.2 Å². The maximum Gasteiger partial charge on any atom is 0.511 e. The molecule has 0 aromatic heterocycles. The molecule has 0 spiro atoms. The van der Waals surface area contributed by atoms with Gasteiger partial charge in [0.1, 0.15) is 17.6 Å². The molecular weight excluding hydrogens is 369 g/mol. The molecule has 10 heteroatoms. The molecule has 0 aliphatic carbocycles. The van der Waals surface area contributed by atoms with E-state index in [1.54, 1.807) is 4.72 Å². The molecular formula is C16H24F3N4O2S+. The maximum atomic E-state index is 12.3. The average molecular weight is 393 g/mol. The van der Waals surface area contributed by atoms with Crippen molar-refractivity contribution < 1.29 is 26.1 Å². The van der Waals surface area contributed by atoms with E-state index >= 15 is 0 Å². The zero-order chi connectivity index (χ0) is 19.4. The number of nitrogens with two attached hydrogens (primary N) is 1. The first-order valence-corrected chi connectivity index (χ1v) is 9.97. The number of nitrogens with one attached hydrogen (secondary N) is 1. The van der Waals surface area contributed by atoms with Crippen LogP contribution in [-0.2, 0) is 10.0 Å². The Bertz CT molecular complexity index is 754. The summed E-state index contributed by atoms with van der Waals surface area (Å²) in [6.07, 6.45) is 10.3. The maximum absolute atomic E-state index is 12.3. The molecule has 0 saturated carbocycles. The lowest BCUT2D eigenvalue weighted by molar-refractivity contribution is -0.745. The first-order valence-electron chi connectivity index (χ1n) is 8.49. The number of rotatable bonds is 9. The van der Waals surface area contributed by atoms with Crippen LogP contribution in [0.5, 0.6) is 0 Å². The van der Waals surface area contributed by atoms with Crippen LogP contribution in [-0.4, -0.2) is 43.9 Å². The van der Waals surface area contributed by atoms with Crippen molar-refractivity contribution in [2.75, 3.05) is 19.6 Å². The van der Waals surface area contributed by atoms with E-state index < -0.39 is 15.5 Å².